The molecule has 132 valence electrons. The summed E-state index contributed by atoms with van der Waals surface area (Å²) in [6.07, 6.45) is 1.75. The minimum atomic E-state index is 0.538. The lowest BCUT2D eigenvalue weighted by molar-refractivity contribution is 0.324. The van der Waals surface area contributed by atoms with Gasteiger partial charge in [-0.25, -0.2) is 4.99 Å². The second-order valence-corrected chi connectivity index (χ2v) is 5.66. The predicted molar refractivity (Wildman–Crippen MR) is 101 cm³/mol. The molecule has 1 aliphatic rings. The van der Waals surface area contributed by atoms with Crippen LogP contribution in [-0.4, -0.2) is 32.1 Å². The number of para-hydroxylation sites is 1. The van der Waals surface area contributed by atoms with Gasteiger partial charge in [-0.05, 0) is 18.2 Å². The molecule has 0 saturated heterocycles. The van der Waals surface area contributed by atoms with E-state index in [-0.39, 0.29) is 0 Å². The van der Waals surface area contributed by atoms with Gasteiger partial charge in [-0.15, -0.1) is 0 Å². The topological polar surface area (TPSA) is 77.0 Å². The van der Waals surface area contributed by atoms with Crippen LogP contribution in [-0.2, 0) is 0 Å². The van der Waals surface area contributed by atoms with Gasteiger partial charge in [0.25, 0.3) is 0 Å². The Morgan fingerprint density at radius 2 is 1.62 bits per heavy atom. The van der Waals surface area contributed by atoms with Crippen LogP contribution in [0.4, 0.5) is 11.4 Å². The summed E-state index contributed by atoms with van der Waals surface area (Å²) in [4.78, 5) is 9.17. The summed E-state index contributed by atoms with van der Waals surface area (Å²) in [6.45, 7) is 0. The third-order valence-electron chi connectivity index (χ3n) is 4.23. The van der Waals surface area contributed by atoms with E-state index < -0.39 is 0 Å². The van der Waals surface area contributed by atoms with Gasteiger partial charge in [-0.3, -0.25) is 15.8 Å². The number of nitrogens with one attached hydrogen (secondary N) is 2. The normalized spacial score (nSPS) is 12.5. The number of fused-ring (bicyclic) bond motifs is 3. The first kappa shape index (κ1) is 16.0. The molecule has 0 fully saturated rings. The molecule has 1 aliphatic heterocycles. The monoisotopic (exact) mass is 350 g/mol. The van der Waals surface area contributed by atoms with Crippen molar-refractivity contribution in [3.8, 4) is 17.2 Å². The summed E-state index contributed by atoms with van der Waals surface area (Å²) in [5.41, 5.74) is 9.73. The molecular weight excluding hydrogens is 332 g/mol. The number of benzene rings is 2. The lowest BCUT2D eigenvalue weighted by Gasteiger charge is -2.22. The molecule has 26 heavy (non-hydrogen) atoms. The summed E-state index contributed by atoms with van der Waals surface area (Å²) in [5, 5.41) is 1.00. The SMILES string of the molecule is COc1cc(C2=Nc3cnc4ccccc4c3NN2)cc(OC)c1OC. The first-order valence-corrected chi connectivity index (χ1v) is 8.04. The first-order chi connectivity index (χ1) is 12.7. The average molecular weight is 350 g/mol. The predicted octanol–water partition coefficient (Wildman–Crippen LogP) is 3.27. The second-order valence-electron chi connectivity index (χ2n) is 5.66. The van der Waals surface area contributed by atoms with E-state index in [1.165, 1.54) is 0 Å². The Balaban J connectivity index is 1.83. The smallest absolute Gasteiger partial charge is 0.203 e. The molecule has 2 aromatic carbocycles. The van der Waals surface area contributed by atoms with Crippen molar-refractivity contribution < 1.29 is 14.2 Å². The van der Waals surface area contributed by atoms with Gasteiger partial charge in [-0.2, -0.15) is 0 Å². The first-order valence-electron chi connectivity index (χ1n) is 8.04. The quantitative estimate of drug-likeness (QED) is 0.752. The van der Waals surface area contributed by atoms with Crippen LogP contribution in [0.15, 0.2) is 47.6 Å². The van der Waals surface area contributed by atoms with Gasteiger partial charge in [0.1, 0.15) is 5.69 Å². The maximum absolute atomic E-state index is 5.42. The summed E-state index contributed by atoms with van der Waals surface area (Å²) in [7, 11) is 4.74. The highest BCUT2D eigenvalue weighted by Crippen LogP contribution is 2.39. The number of rotatable bonds is 4. The van der Waals surface area contributed by atoms with E-state index in [1.54, 1.807) is 27.5 Å². The fraction of sp³-hybridized carbons (Fsp3) is 0.158. The van der Waals surface area contributed by atoms with Crippen LogP contribution in [0.25, 0.3) is 10.9 Å². The van der Waals surface area contributed by atoms with Gasteiger partial charge >= 0.3 is 0 Å². The molecule has 7 nitrogen and oxygen atoms in total. The van der Waals surface area contributed by atoms with Crippen molar-refractivity contribution in [3.63, 3.8) is 0 Å². The highest BCUT2D eigenvalue weighted by atomic mass is 16.5. The molecule has 1 aromatic heterocycles. The van der Waals surface area contributed by atoms with E-state index in [2.05, 4.69) is 15.8 Å². The van der Waals surface area contributed by atoms with Crippen LogP contribution >= 0.6 is 0 Å². The standard InChI is InChI=1S/C19H18N4O3/c1-24-15-8-11(9-16(25-2)18(15)26-3)19-21-14-10-20-13-7-5-4-6-12(13)17(14)22-23-19/h4-10,22H,1-3H3,(H,21,23). The fourth-order valence-electron chi connectivity index (χ4n) is 2.97. The van der Waals surface area contributed by atoms with Gasteiger partial charge in [-0.1, -0.05) is 18.2 Å². The minimum absolute atomic E-state index is 0.538. The van der Waals surface area contributed by atoms with Crippen LogP contribution in [0, 0.1) is 0 Å². The van der Waals surface area contributed by atoms with Crippen LogP contribution < -0.4 is 25.1 Å². The molecule has 0 aliphatic carbocycles. The Morgan fingerprint density at radius 3 is 2.31 bits per heavy atom. The number of nitrogens with zero attached hydrogens (tertiary/aromatic N) is 2. The molecule has 4 rings (SSSR count). The van der Waals surface area contributed by atoms with Crippen molar-refractivity contribution in [3.05, 3.63) is 48.2 Å². The van der Waals surface area contributed by atoms with Crippen molar-refractivity contribution in [2.75, 3.05) is 26.8 Å². The van der Waals surface area contributed by atoms with Gasteiger partial charge < -0.3 is 14.2 Å². The zero-order chi connectivity index (χ0) is 18.1. The lowest BCUT2D eigenvalue weighted by atomic mass is 10.1. The summed E-state index contributed by atoms with van der Waals surface area (Å²) in [6, 6.07) is 11.6. The fourth-order valence-corrected chi connectivity index (χ4v) is 2.97. The molecule has 2 N–H and O–H groups in total. The molecular formula is C19H18N4O3. The van der Waals surface area contributed by atoms with Crippen LogP contribution in [0.5, 0.6) is 17.2 Å². The van der Waals surface area contributed by atoms with Crippen molar-refractivity contribution >= 4 is 28.1 Å². The summed E-state index contributed by atoms with van der Waals surface area (Å²) in [5.74, 6) is 2.30. The molecule has 0 atom stereocenters. The van der Waals surface area contributed by atoms with Crippen LogP contribution in [0.1, 0.15) is 5.56 Å². The molecule has 0 spiro atoms. The zero-order valence-electron chi connectivity index (χ0n) is 14.7. The second kappa shape index (κ2) is 6.44. The molecule has 0 saturated carbocycles. The number of anilines is 1. The highest BCUT2D eigenvalue weighted by Gasteiger charge is 2.19. The Morgan fingerprint density at radius 1 is 0.885 bits per heavy atom. The molecule has 0 bridgehead atoms. The van der Waals surface area contributed by atoms with Crippen molar-refractivity contribution in [2.45, 2.75) is 0 Å². The van der Waals surface area contributed by atoms with Crippen LogP contribution in [0.3, 0.4) is 0 Å². The number of ether oxygens (including phenoxy) is 3. The molecule has 3 aromatic rings. The number of aliphatic imine (C=N–C) groups is 1. The van der Waals surface area contributed by atoms with Crippen molar-refractivity contribution in [1.29, 1.82) is 0 Å². The van der Waals surface area contributed by atoms with Gasteiger partial charge in [0, 0.05) is 10.9 Å². The van der Waals surface area contributed by atoms with E-state index in [4.69, 9.17) is 19.2 Å². The Hall–Kier alpha value is -3.48. The number of amidine groups is 1. The highest BCUT2D eigenvalue weighted by molar-refractivity contribution is 6.07. The maximum atomic E-state index is 5.42. The summed E-state index contributed by atoms with van der Waals surface area (Å²) < 4.78 is 16.2. The minimum Gasteiger partial charge on any atom is -0.493 e. The van der Waals surface area contributed by atoms with E-state index in [9.17, 15) is 0 Å². The van der Waals surface area contributed by atoms with E-state index in [0.29, 0.717) is 23.1 Å². The van der Waals surface area contributed by atoms with Gasteiger partial charge in [0.15, 0.2) is 17.3 Å². The Kier molecular flexibility index (Phi) is 3.96. The Labute approximate surface area is 150 Å². The zero-order valence-corrected chi connectivity index (χ0v) is 14.7. The average Bonchev–Trinajstić information content (AvgIpc) is 2.71. The lowest BCUT2D eigenvalue weighted by Crippen LogP contribution is -2.32. The van der Waals surface area contributed by atoms with E-state index in [1.807, 2.05) is 36.4 Å². The molecule has 7 heteroatoms. The van der Waals surface area contributed by atoms with Crippen molar-refractivity contribution in [2.24, 2.45) is 4.99 Å². The number of pyridine rings is 1. The number of aromatic nitrogens is 1. The van der Waals surface area contributed by atoms with E-state index >= 15 is 0 Å². The number of hydrogen-bond donors (Lipinski definition) is 2. The summed E-state index contributed by atoms with van der Waals surface area (Å²) >= 11 is 0. The maximum Gasteiger partial charge on any atom is 0.203 e. The molecule has 0 unspecified atom stereocenters. The largest absolute Gasteiger partial charge is 0.493 e. The molecule has 0 amide bonds. The third kappa shape index (κ3) is 2.54. The van der Waals surface area contributed by atoms with E-state index in [0.717, 1.165) is 27.8 Å². The Bertz CT molecular complexity index is 992. The number of hydrogen-bond acceptors (Lipinski definition) is 7. The van der Waals surface area contributed by atoms with Crippen molar-refractivity contribution in [1.82, 2.24) is 10.4 Å². The van der Waals surface area contributed by atoms with Gasteiger partial charge in [0.05, 0.1) is 38.7 Å². The number of hydrazine groups is 1. The number of methoxy groups -OCH3 is 3. The van der Waals surface area contributed by atoms with Gasteiger partial charge in [0.2, 0.25) is 5.75 Å². The van der Waals surface area contributed by atoms with Crippen LogP contribution in [0.2, 0.25) is 0 Å². The molecule has 0 radical (unpaired) electrons. The molecule has 2 heterocycles. The third-order valence-corrected chi connectivity index (χ3v) is 4.23.